The third-order valence-corrected chi connectivity index (χ3v) is 3.75. The Hall–Kier alpha value is -1.29. The van der Waals surface area contributed by atoms with Gasteiger partial charge in [0.2, 0.25) is 0 Å². The molecule has 0 amide bonds. The lowest BCUT2D eigenvalue weighted by Gasteiger charge is -2.35. The van der Waals surface area contributed by atoms with E-state index in [1.165, 1.54) is 32.1 Å². The van der Waals surface area contributed by atoms with E-state index in [1.807, 2.05) is 12.1 Å². The molecule has 0 saturated heterocycles. The molecule has 19 heavy (non-hydrogen) atoms. The fourth-order valence-corrected chi connectivity index (χ4v) is 2.81. The third-order valence-electron chi connectivity index (χ3n) is 3.75. The molecule has 0 bridgehead atoms. The third kappa shape index (κ3) is 3.83. The number of anilines is 1. The number of nitro groups is 1. The fraction of sp³-hybridized carbons (Fsp3) is 0.571. The first-order valence-electron chi connectivity index (χ1n) is 6.73. The van der Waals surface area contributed by atoms with E-state index >= 15 is 0 Å². The predicted molar refractivity (Wildman–Crippen MR) is 80.2 cm³/mol. The van der Waals surface area contributed by atoms with Crippen LogP contribution in [0, 0.1) is 10.1 Å². The smallest absolute Gasteiger partial charge is 0.269 e. The quantitative estimate of drug-likeness (QED) is 0.615. The molecule has 106 valence electrons. The number of benzene rings is 1. The van der Waals surface area contributed by atoms with Gasteiger partial charge < -0.3 is 4.90 Å². The molecule has 0 atom stereocenters. The van der Waals surface area contributed by atoms with Crippen LogP contribution in [0.1, 0.15) is 39.0 Å². The summed E-state index contributed by atoms with van der Waals surface area (Å²) >= 11 is 0. The van der Waals surface area contributed by atoms with E-state index in [-0.39, 0.29) is 23.0 Å². The van der Waals surface area contributed by atoms with Gasteiger partial charge in [-0.1, -0.05) is 19.3 Å². The molecule has 0 unspecified atom stereocenters. The molecule has 5 heteroatoms. The summed E-state index contributed by atoms with van der Waals surface area (Å²) < 4.78 is 0. The van der Waals surface area contributed by atoms with Crippen LogP contribution in [0.25, 0.3) is 0 Å². The Morgan fingerprint density at radius 3 is 2.26 bits per heavy atom. The molecule has 1 aliphatic carbocycles. The Bertz CT molecular complexity index is 402. The van der Waals surface area contributed by atoms with Crippen molar-refractivity contribution in [3.63, 3.8) is 0 Å². The van der Waals surface area contributed by atoms with Crippen LogP contribution in [-0.2, 0) is 0 Å². The summed E-state index contributed by atoms with van der Waals surface area (Å²) in [5.41, 5.74) is 1.27. The molecule has 1 saturated carbocycles. The van der Waals surface area contributed by atoms with E-state index in [4.69, 9.17) is 0 Å². The second kappa shape index (κ2) is 7.34. The van der Waals surface area contributed by atoms with Gasteiger partial charge >= 0.3 is 0 Å². The van der Waals surface area contributed by atoms with Crippen molar-refractivity contribution in [3.05, 3.63) is 34.4 Å². The zero-order valence-corrected chi connectivity index (χ0v) is 12.1. The lowest BCUT2D eigenvalue weighted by atomic mass is 9.94. The summed E-state index contributed by atoms with van der Waals surface area (Å²) in [6.45, 7) is 3.11. The Morgan fingerprint density at radius 1 is 1.21 bits per heavy atom. The van der Waals surface area contributed by atoms with E-state index in [0.29, 0.717) is 6.04 Å². The summed E-state index contributed by atoms with van der Waals surface area (Å²) in [5.74, 6) is 0. The number of rotatable bonds is 4. The van der Waals surface area contributed by atoms with Gasteiger partial charge in [0.25, 0.3) is 5.69 Å². The van der Waals surface area contributed by atoms with Crippen molar-refractivity contribution in [2.45, 2.75) is 45.1 Å². The van der Waals surface area contributed by atoms with Gasteiger partial charge in [-0.15, -0.1) is 12.4 Å². The van der Waals surface area contributed by atoms with Crippen molar-refractivity contribution in [1.82, 2.24) is 0 Å². The van der Waals surface area contributed by atoms with Gasteiger partial charge in [0.05, 0.1) is 4.92 Å². The zero-order valence-electron chi connectivity index (χ0n) is 11.2. The second-order valence-electron chi connectivity index (χ2n) is 4.85. The second-order valence-corrected chi connectivity index (χ2v) is 4.85. The highest BCUT2D eigenvalue weighted by molar-refractivity contribution is 5.85. The van der Waals surface area contributed by atoms with Crippen LogP contribution in [-0.4, -0.2) is 17.5 Å². The standard InChI is InChI=1S/C14H20N2O2.ClH/c1-2-15(12-6-4-3-5-7-12)13-8-10-14(11-9-13)16(17)18;/h8-12H,2-7H2,1H3;1H. The van der Waals surface area contributed by atoms with Gasteiger partial charge in [-0.3, -0.25) is 10.1 Å². The van der Waals surface area contributed by atoms with Gasteiger partial charge in [0.1, 0.15) is 0 Å². The van der Waals surface area contributed by atoms with Crippen molar-refractivity contribution in [3.8, 4) is 0 Å². The van der Waals surface area contributed by atoms with E-state index < -0.39 is 0 Å². The lowest BCUT2D eigenvalue weighted by molar-refractivity contribution is -0.384. The molecule has 0 aromatic heterocycles. The van der Waals surface area contributed by atoms with E-state index in [2.05, 4.69) is 11.8 Å². The molecule has 1 fully saturated rings. The summed E-state index contributed by atoms with van der Waals surface area (Å²) in [5, 5.41) is 10.6. The first-order chi connectivity index (χ1) is 8.72. The van der Waals surface area contributed by atoms with Crippen molar-refractivity contribution in [1.29, 1.82) is 0 Å². The van der Waals surface area contributed by atoms with E-state index in [0.717, 1.165) is 12.2 Å². The first kappa shape index (κ1) is 15.8. The van der Waals surface area contributed by atoms with E-state index in [9.17, 15) is 10.1 Å². The Labute approximate surface area is 120 Å². The minimum atomic E-state index is -0.347. The highest BCUT2D eigenvalue weighted by Gasteiger charge is 2.20. The van der Waals surface area contributed by atoms with Crippen molar-refractivity contribution in [2.24, 2.45) is 0 Å². The normalized spacial score (nSPS) is 15.6. The molecule has 1 aromatic rings. The number of halogens is 1. The average Bonchev–Trinajstić information content (AvgIpc) is 2.41. The summed E-state index contributed by atoms with van der Waals surface area (Å²) in [6, 6.07) is 7.54. The van der Waals surface area contributed by atoms with Gasteiger partial charge in [-0.2, -0.15) is 0 Å². The lowest BCUT2D eigenvalue weighted by Crippen LogP contribution is -2.36. The minimum Gasteiger partial charge on any atom is -0.369 e. The maximum atomic E-state index is 10.6. The summed E-state index contributed by atoms with van der Waals surface area (Å²) in [7, 11) is 0. The summed E-state index contributed by atoms with van der Waals surface area (Å²) in [4.78, 5) is 12.7. The van der Waals surface area contributed by atoms with Crippen LogP contribution < -0.4 is 4.90 Å². The van der Waals surface area contributed by atoms with Crippen molar-refractivity contribution < 1.29 is 4.92 Å². The van der Waals surface area contributed by atoms with Gasteiger partial charge in [0, 0.05) is 30.4 Å². The van der Waals surface area contributed by atoms with Gasteiger partial charge in [-0.05, 0) is 31.9 Å². The number of hydrogen-bond acceptors (Lipinski definition) is 3. The molecular formula is C14H21ClN2O2. The number of non-ortho nitro benzene ring substituents is 1. The Morgan fingerprint density at radius 2 is 1.79 bits per heavy atom. The average molecular weight is 285 g/mol. The highest BCUT2D eigenvalue weighted by Crippen LogP contribution is 2.28. The highest BCUT2D eigenvalue weighted by atomic mass is 35.5. The molecule has 4 nitrogen and oxygen atoms in total. The molecule has 2 rings (SSSR count). The first-order valence-corrected chi connectivity index (χ1v) is 6.73. The molecule has 0 spiro atoms. The predicted octanol–water partition coefficient (Wildman–Crippen LogP) is 4.18. The maximum absolute atomic E-state index is 10.6. The van der Waals surface area contributed by atoms with Crippen molar-refractivity contribution >= 4 is 23.8 Å². The van der Waals surface area contributed by atoms with Gasteiger partial charge in [0.15, 0.2) is 0 Å². The van der Waals surface area contributed by atoms with Crippen LogP contribution in [0.4, 0.5) is 11.4 Å². The Balaban J connectivity index is 0.00000180. The molecule has 1 aromatic carbocycles. The number of nitrogens with zero attached hydrogens (tertiary/aromatic N) is 2. The van der Waals surface area contributed by atoms with Crippen LogP contribution in [0.2, 0.25) is 0 Å². The Kier molecular flexibility index (Phi) is 6.09. The zero-order chi connectivity index (χ0) is 13.0. The van der Waals surface area contributed by atoms with Crippen LogP contribution in [0.3, 0.4) is 0 Å². The SMILES string of the molecule is CCN(c1ccc([N+](=O)[O-])cc1)C1CCCCC1.Cl. The molecule has 0 heterocycles. The minimum absolute atomic E-state index is 0. The maximum Gasteiger partial charge on any atom is 0.269 e. The fourth-order valence-electron chi connectivity index (χ4n) is 2.81. The number of nitro benzene ring substituents is 1. The monoisotopic (exact) mass is 284 g/mol. The number of hydrogen-bond donors (Lipinski definition) is 0. The largest absolute Gasteiger partial charge is 0.369 e. The van der Waals surface area contributed by atoms with Crippen molar-refractivity contribution in [2.75, 3.05) is 11.4 Å². The molecular weight excluding hydrogens is 264 g/mol. The molecule has 0 aliphatic heterocycles. The van der Waals surface area contributed by atoms with Crippen LogP contribution in [0.5, 0.6) is 0 Å². The van der Waals surface area contributed by atoms with E-state index in [1.54, 1.807) is 12.1 Å². The molecule has 1 aliphatic rings. The van der Waals surface area contributed by atoms with Crippen LogP contribution >= 0.6 is 12.4 Å². The molecule has 0 N–H and O–H groups in total. The summed E-state index contributed by atoms with van der Waals surface area (Å²) in [6.07, 6.45) is 6.42. The van der Waals surface area contributed by atoms with Gasteiger partial charge in [-0.25, -0.2) is 0 Å². The van der Waals surface area contributed by atoms with Crippen LogP contribution in [0.15, 0.2) is 24.3 Å². The topological polar surface area (TPSA) is 46.4 Å². The molecule has 0 radical (unpaired) electrons.